The van der Waals surface area contributed by atoms with Crippen molar-refractivity contribution in [2.24, 2.45) is 11.7 Å². The number of nitrogens with two attached hydrogens (primary N) is 1. The SMILES string of the molecule is CC(C)[C@H](NC(=O)[C@@H](N)c1ccccc1)[C@@H](O)C(F)(F)C(=O)NCC(F)(F)F. The molecule has 0 aliphatic carbocycles. The molecule has 158 valence electrons. The Bertz CT molecular complexity index is 668. The smallest absolute Gasteiger partial charge is 0.384 e. The van der Waals surface area contributed by atoms with Crippen molar-refractivity contribution in [3.8, 4) is 0 Å². The van der Waals surface area contributed by atoms with Crippen LogP contribution in [0.2, 0.25) is 0 Å². The Balaban J connectivity index is 2.91. The fraction of sp³-hybridized carbons (Fsp3) is 0.529. The highest BCUT2D eigenvalue weighted by Crippen LogP contribution is 2.26. The van der Waals surface area contributed by atoms with E-state index in [4.69, 9.17) is 5.73 Å². The average molecular weight is 411 g/mol. The van der Waals surface area contributed by atoms with E-state index in [1.54, 1.807) is 18.2 Å². The van der Waals surface area contributed by atoms with Crippen LogP contribution in [-0.2, 0) is 9.59 Å². The summed E-state index contributed by atoms with van der Waals surface area (Å²) in [5.74, 6) is -8.56. The molecule has 0 unspecified atom stereocenters. The number of aliphatic hydroxyl groups is 1. The summed E-state index contributed by atoms with van der Waals surface area (Å²) in [4.78, 5) is 23.7. The van der Waals surface area contributed by atoms with Gasteiger partial charge in [0, 0.05) is 0 Å². The largest absolute Gasteiger partial charge is 0.405 e. The Hall–Kier alpha value is -2.27. The van der Waals surface area contributed by atoms with Gasteiger partial charge in [-0.3, -0.25) is 9.59 Å². The lowest BCUT2D eigenvalue weighted by Gasteiger charge is -2.32. The summed E-state index contributed by atoms with van der Waals surface area (Å²) in [6.07, 6.45) is -7.67. The van der Waals surface area contributed by atoms with E-state index in [0.29, 0.717) is 5.56 Å². The van der Waals surface area contributed by atoms with E-state index in [-0.39, 0.29) is 0 Å². The third-order valence-corrected chi connectivity index (χ3v) is 3.93. The second-order valence-electron chi connectivity index (χ2n) is 6.53. The van der Waals surface area contributed by atoms with Gasteiger partial charge in [-0.2, -0.15) is 22.0 Å². The first-order valence-electron chi connectivity index (χ1n) is 8.29. The lowest BCUT2D eigenvalue weighted by Crippen LogP contribution is -2.60. The molecule has 0 saturated heterocycles. The van der Waals surface area contributed by atoms with E-state index in [9.17, 15) is 36.6 Å². The van der Waals surface area contributed by atoms with Gasteiger partial charge >= 0.3 is 12.1 Å². The minimum atomic E-state index is -4.90. The van der Waals surface area contributed by atoms with Gasteiger partial charge in [0.05, 0.1) is 6.04 Å². The van der Waals surface area contributed by atoms with E-state index in [0.717, 1.165) is 5.32 Å². The summed E-state index contributed by atoms with van der Waals surface area (Å²) in [6.45, 7) is 0.781. The molecule has 1 rings (SSSR count). The number of carbonyl (C=O) groups is 2. The minimum absolute atomic E-state index is 0.381. The van der Waals surface area contributed by atoms with E-state index in [2.05, 4.69) is 5.32 Å². The molecular weight excluding hydrogens is 389 g/mol. The number of alkyl halides is 5. The quantitative estimate of drug-likeness (QED) is 0.487. The molecule has 0 fully saturated rings. The molecule has 5 N–H and O–H groups in total. The molecule has 0 bridgehead atoms. The van der Waals surface area contributed by atoms with Crippen LogP contribution in [0, 0.1) is 5.92 Å². The van der Waals surface area contributed by atoms with Crippen molar-refractivity contribution in [1.82, 2.24) is 10.6 Å². The van der Waals surface area contributed by atoms with Crippen LogP contribution in [0.4, 0.5) is 22.0 Å². The zero-order valence-corrected chi connectivity index (χ0v) is 15.1. The molecular formula is C17H22F5N3O3. The van der Waals surface area contributed by atoms with Crippen molar-refractivity contribution in [3.05, 3.63) is 35.9 Å². The predicted octanol–water partition coefficient (Wildman–Crippen LogP) is 1.50. The van der Waals surface area contributed by atoms with Crippen LogP contribution in [0.3, 0.4) is 0 Å². The lowest BCUT2D eigenvalue weighted by atomic mass is 9.93. The number of amides is 2. The maximum atomic E-state index is 14.2. The number of rotatable bonds is 8. The average Bonchev–Trinajstić information content (AvgIpc) is 2.62. The van der Waals surface area contributed by atoms with Crippen LogP contribution >= 0.6 is 0 Å². The first kappa shape index (κ1) is 23.8. The van der Waals surface area contributed by atoms with Gasteiger partial charge in [0.15, 0.2) is 0 Å². The number of hydrogen-bond donors (Lipinski definition) is 4. The fourth-order valence-electron chi connectivity index (χ4n) is 2.33. The van der Waals surface area contributed by atoms with Gasteiger partial charge in [0.25, 0.3) is 5.91 Å². The Morgan fingerprint density at radius 1 is 1.11 bits per heavy atom. The highest BCUT2D eigenvalue weighted by Gasteiger charge is 2.51. The van der Waals surface area contributed by atoms with Crippen LogP contribution in [-0.4, -0.2) is 47.7 Å². The molecule has 1 aromatic carbocycles. The molecule has 0 aliphatic rings. The molecule has 2 amide bonds. The monoisotopic (exact) mass is 411 g/mol. The molecule has 0 saturated carbocycles. The molecule has 0 aromatic heterocycles. The van der Waals surface area contributed by atoms with Crippen molar-refractivity contribution < 1.29 is 36.6 Å². The Kier molecular flexibility index (Phi) is 7.88. The minimum Gasteiger partial charge on any atom is -0.384 e. The summed E-state index contributed by atoms with van der Waals surface area (Å²) in [7, 11) is 0. The second kappa shape index (κ2) is 9.28. The predicted molar refractivity (Wildman–Crippen MR) is 90.2 cm³/mol. The van der Waals surface area contributed by atoms with Crippen LogP contribution in [0.15, 0.2) is 30.3 Å². The van der Waals surface area contributed by atoms with Crippen molar-refractivity contribution >= 4 is 11.8 Å². The lowest BCUT2D eigenvalue weighted by molar-refractivity contribution is -0.174. The summed E-state index contributed by atoms with van der Waals surface area (Å²) in [6, 6.07) is 5.08. The Morgan fingerprint density at radius 3 is 2.11 bits per heavy atom. The summed E-state index contributed by atoms with van der Waals surface area (Å²) in [5, 5.41) is 13.1. The van der Waals surface area contributed by atoms with E-state index in [1.165, 1.54) is 26.0 Å². The van der Waals surface area contributed by atoms with Crippen LogP contribution in [0.25, 0.3) is 0 Å². The molecule has 3 atom stereocenters. The third kappa shape index (κ3) is 6.41. The molecule has 11 heteroatoms. The van der Waals surface area contributed by atoms with E-state index < -0.39 is 54.6 Å². The van der Waals surface area contributed by atoms with Crippen LogP contribution in [0.1, 0.15) is 25.5 Å². The topological polar surface area (TPSA) is 104 Å². The van der Waals surface area contributed by atoms with E-state index in [1.807, 2.05) is 0 Å². The first-order valence-corrected chi connectivity index (χ1v) is 8.29. The second-order valence-corrected chi connectivity index (χ2v) is 6.53. The van der Waals surface area contributed by atoms with Gasteiger partial charge in [0.2, 0.25) is 5.91 Å². The molecule has 0 radical (unpaired) electrons. The molecule has 28 heavy (non-hydrogen) atoms. The molecule has 1 aromatic rings. The summed E-state index contributed by atoms with van der Waals surface area (Å²) in [5.41, 5.74) is 6.15. The number of nitrogens with one attached hydrogen (secondary N) is 2. The van der Waals surface area contributed by atoms with Gasteiger partial charge in [0.1, 0.15) is 18.7 Å². The number of hydrogen-bond acceptors (Lipinski definition) is 4. The highest BCUT2D eigenvalue weighted by atomic mass is 19.4. The Labute approximate surface area is 158 Å². The van der Waals surface area contributed by atoms with Crippen molar-refractivity contribution in [2.75, 3.05) is 6.54 Å². The van der Waals surface area contributed by atoms with Crippen molar-refractivity contribution in [2.45, 2.75) is 44.1 Å². The van der Waals surface area contributed by atoms with Crippen LogP contribution < -0.4 is 16.4 Å². The zero-order chi connectivity index (χ0) is 21.7. The Morgan fingerprint density at radius 2 is 1.64 bits per heavy atom. The molecule has 6 nitrogen and oxygen atoms in total. The molecule has 0 aliphatic heterocycles. The number of halogens is 5. The fourth-order valence-corrected chi connectivity index (χ4v) is 2.33. The van der Waals surface area contributed by atoms with Gasteiger partial charge in [-0.15, -0.1) is 0 Å². The maximum Gasteiger partial charge on any atom is 0.405 e. The van der Waals surface area contributed by atoms with Gasteiger partial charge in [-0.25, -0.2) is 0 Å². The maximum absolute atomic E-state index is 14.2. The molecule has 0 heterocycles. The summed E-state index contributed by atoms with van der Waals surface area (Å²) >= 11 is 0. The van der Waals surface area contributed by atoms with E-state index >= 15 is 0 Å². The molecule has 0 spiro atoms. The number of aliphatic hydroxyl groups excluding tert-OH is 1. The number of benzene rings is 1. The van der Waals surface area contributed by atoms with Crippen molar-refractivity contribution in [1.29, 1.82) is 0 Å². The third-order valence-electron chi connectivity index (χ3n) is 3.93. The standard InChI is InChI=1S/C17H22F5N3O3/c1-9(2)12(25-14(27)11(23)10-6-4-3-5-7-10)13(26)17(21,22)15(28)24-8-16(18,19)20/h3-7,9,11-13,26H,8,23H2,1-2H3,(H,24,28)(H,25,27)/t11-,12-,13+/m0/s1. The van der Waals surface area contributed by atoms with Crippen molar-refractivity contribution in [3.63, 3.8) is 0 Å². The van der Waals surface area contributed by atoms with Gasteiger partial charge in [-0.05, 0) is 11.5 Å². The van der Waals surface area contributed by atoms with Crippen LogP contribution in [0.5, 0.6) is 0 Å². The normalized spacial score (nSPS) is 15.6. The summed E-state index contributed by atoms with van der Waals surface area (Å²) < 4.78 is 64.7. The zero-order valence-electron chi connectivity index (χ0n) is 15.1. The highest BCUT2D eigenvalue weighted by molar-refractivity contribution is 5.85. The van der Waals surface area contributed by atoms with Gasteiger partial charge in [-0.1, -0.05) is 44.2 Å². The van der Waals surface area contributed by atoms with Gasteiger partial charge < -0.3 is 21.5 Å². The first-order chi connectivity index (χ1) is 12.8. The number of carbonyl (C=O) groups excluding carboxylic acids is 2.